The number of hydrogen-bond acceptors (Lipinski definition) is 3. The molecule has 0 heterocycles. The van der Waals surface area contributed by atoms with Gasteiger partial charge in [-0.1, -0.05) is 74.5 Å². The molecule has 2 rings (SSSR count). The second-order valence-corrected chi connectivity index (χ2v) is 6.05. The average Bonchev–Trinajstić information content (AvgIpc) is 2.59. The summed E-state index contributed by atoms with van der Waals surface area (Å²) in [5.41, 5.74) is 2.30. The molecule has 3 nitrogen and oxygen atoms in total. The third-order valence-corrected chi connectivity index (χ3v) is 4.08. The Kier molecular flexibility index (Phi) is 6.36. The van der Waals surface area contributed by atoms with Crippen molar-refractivity contribution in [3.63, 3.8) is 0 Å². The van der Waals surface area contributed by atoms with Gasteiger partial charge in [-0.2, -0.15) is 0 Å². The van der Waals surface area contributed by atoms with Gasteiger partial charge in [0.1, 0.15) is 0 Å². The second-order valence-electron chi connectivity index (χ2n) is 6.05. The Morgan fingerprint density at radius 3 is 2.09 bits per heavy atom. The third-order valence-electron chi connectivity index (χ3n) is 4.08. The summed E-state index contributed by atoms with van der Waals surface area (Å²) in [7, 11) is 1.46. The van der Waals surface area contributed by atoms with Crippen LogP contribution < -0.4 is 5.32 Å². The summed E-state index contributed by atoms with van der Waals surface area (Å²) < 4.78 is 5.05. The van der Waals surface area contributed by atoms with Crippen molar-refractivity contribution in [1.82, 2.24) is 5.32 Å². The molecular weight excluding hydrogens is 286 g/mol. The van der Waals surface area contributed by atoms with Crippen LogP contribution in [0.3, 0.4) is 0 Å². The van der Waals surface area contributed by atoms with E-state index in [1.54, 1.807) is 0 Å². The number of methoxy groups -OCH3 is 1. The maximum Gasteiger partial charge on any atom is 0.310 e. The second kappa shape index (κ2) is 8.49. The summed E-state index contributed by atoms with van der Waals surface area (Å²) in [6.45, 7) is 4.82. The lowest BCUT2D eigenvalue weighted by Crippen LogP contribution is -2.36. The van der Waals surface area contributed by atoms with Crippen LogP contribution in [0.4, 0.5) is 0 Å². The van der Waals surface area contributed by atoms with Crippen molar-refractivity contribution in [2.75, 3.05) is 7.11 Å². The van der Waals surface area contributed by atoms with E-state index in [1.165, 1.54) is 12.7 Å². The van der Waals surface area contributed by atoms with E-state index in [0.717, 1.165) is 5.56 Å². The van der Waals surface area contributed by atoms with Gasteiger partial charge in [0.15, 0.2) is 0 Å². The molecule has 2 atom stereocenters. The zero-order valence-electron chi connectivity index (χ0n) is 14.0. The highest BCUT2D eigenvalue weighted by Crippen LogP contribution is 2.29. The van der Waals surface area contributed by atoms with E-state index in [2.05, 4.69) is 43.4 Å². The van der Waals surface area contributed by atoms with E-state index in [9.17, 15) is 4.79 Å². The van der Waals surface area contributed by atoms with Gasteiger partial charge < -0.3 is 10.1 Å². The molecule has 0 amide bonds. The van der Waals surface area contributed by atoms with Crippen molar-refractivity contribution in [2.45, 2.75) is 26.4 Å². The molecule has 0 aliphatic carbocycles. The average molecular weight is 311 g/mol. The van der Waals surface area contributed by atoms with Crippen LogP contribution >= 0.6 is 0 Å². The number of benzene rings is 2. The minimum absolute atomic E-state index is 0.0798. The molecule has 0 bridgehead atoms. The Balaban J connectivity index is 2.25. The van der Waals surface area contributed by atoms with E-state index in [0.29, 0.717) is 6.54 Å². The fourth-order valence-corrected chi connectivity index (χ4v) is 2.87. The first-order valence-corrected chi connectivity index (χ1v) is 8.03. The minimum atomic E-state index is -0.230. The van der Waals surface area contributed by atoms with Gasteiger partial charge in [-0.05, 0) is 17.0 Å². The quantitative estimate of drug-likeness (QED) is 0.787. The highest BCUT2D eigenvalue weighted by atomic mass is 16.5. The van der Waals surface area contributed by atoms with E-state index < -0.39 is 0 Å². The smallest absolute Gasteiger partial charge is 0.310 e. The van der Waals surface area contributed by atoms with E-state index >= 15 is 0 Å². The van der Waals surface area contributed by atoms with Gasteiger partial charge >= 0.3 is 5.97 Å². The van der Waals surface area contributed by atoms with Crippen molar-refractivity contribution in [3.05, 3.63) is 71.8 Å². The Morgan fingerprint density at radius 2 is 1.57 bits per heavy atom. The first-order chi connectivity index (χ1) is 11.1. The molecule has 0 fully saturated rings. The molecule has 23 heavy (non-hydrogen) atoms. The van der Waals surface area contributed by atoms with Crippen molar-refractivity contribution < 1.29 is 9.53 Å². The van der Waals surface area contributed by atoms with Gasteiger partial charge in [0.05, 0.1) is 13.0 Å². The van der Waals surface area contributed by atoms with Gasteiger partial charge in [-0.3, -0.25) is 4.79 Å². The van der Waals surface area contributed by atoms with Crippen LogP contribution in [0.2, 0.25) is 0 Å². The lowest BCUT2D eigenvalue weighted by atomic mass is 9.84. The number of hydrogen-bond donors (Lipinski definition) is 1. The van der Waals surface area contributed by atoms with E-state index in [1.807, 2.05) is 36.4 Å². The number of carbonyl (C=O) groups excluding carboxylic acids is 1. The van der Waals surface area contributed by atoms with Gasteiger partial charge in [-0.25, -0.2) is 0 Å². The Labute approximate surface area is 138 Å². The number of carbonyl (C=O) groups is 1. The lowest BCUT2D eigenvalue weighted by molar-refractivity contribution is -0.148. The maximum absolute atomic E-state index is 12.3. The van der Waals surface area contributed by atoms with E-state index in [-0.39, 0.29) is 23.8 Å². The molecule has 2 aromatic rings. The Hall–Kier alpha value is -2.13. The number of nitrogens with one attached hydrogen (secondary N) is 1. The van der Waals surface area contributed by atoms with Crippen LogP contribution in [0.25, 0.3) is 0 Å². The molecule has 0 aliphatic heterocycles. The molecule has 0 aromatic heterocycles. The normalized spacial score (nSPS) is 13.6. The summed E-state index contributed by atoms with van der Waals surface area (Å²) in [5.74, 6) is -0.226. The number of esters is 1. The number of rotatable bonds is 7. The first kappa shape index (κ1) is 17.2. The maximum atomic E-state index is 12.3. The molecule has 122 valence electrons. The van der Waals surface area contributed by atoms with Gasteiger partial charge in [-0.15, -0.1) is 0 Å². The minimum Gasteiger partial charge on any atom is -0.469 e. The van der Waals surface area contributed by atoms with E-state index in [4.69, 9.17) is 4.74 Å². The van der Waals surface area contributed by atoms with Crippen molar-refractivity contribution >= 4 is 5.97 Å². The standard InChI is InChI=1S/C20H25NO2/c1-15(2)18(20(22)23-3)19(17-12-8-5-9-13-17)21-14-16-10-6-4-7-11-16/h4-13,15,18-19,21H,14H2,1-3H3/t18-,19-/m0/s1. The highest BCUT2D eigenvalue weighted by molar-refractivity contribution is 5.73. The molecular formula is C20H25NO2. The molecule has 0 saturated heterocycles. The Bertz CT molecular complexity index is 596. The zero-order chi connectivity index (χ0) is 16.7. The summed E-state index contributed by atoms with van der Waals surface area (Å²) >= 11 is 0. The molecule has 1 N–H and O–H groups in total. The third kappa shape index (κ3) is 4.67. The van der Waals surface area contributed by atoms with Crippen LogP contribution in [0.15, 0.2) is 60.7 Å². The molecule has 0 spiro atoms. The first-order valence-electron chi connectivity index (χ1n) is 8.03. The predicted molar refractivity (Wildman–Crippen MR) is 92.8 cm³/mol. The van der Waals surface area contributed by atoms with Crippen LogP contribution in [0, 0.1) is 11.8 Å². The van der Waals surface area contributed by atoms with Crippen molar-refractivity contribution in [3.8, 4) is 0 Å². The van der Waals surface area contributed by atoms with Gasteiger partial charge in [0.25, 0.3) is 0 Å². The van der Waals surface area contributed by atoms with Gasteiger partial charge in [0.2, 0.25) is 0 Å². The molecule has 0 unspecified atom stereocenters. The summed E-state index contributed by atoms with van der Waals surface area (Å²) in [6, 6.07) is 20.2. The Morgan fingerprint density at radius 1 is 1.00 bits per heavy atom. The predicted octanol–water partition coefficient (Wildman–Crippen LogP) is 3.96. The summed E-state index contributed by atoms with van der Waals surface area (Å²) in [5, 5.41) is 3.55. The fraction of sp³-hybridized carbons (Fsp3) is 0.350. The van der Waals surface area contributed by atoms with Crippen LogP contribution in [0.1, 0.15) is 31.0 Å². The number of ether oxygens (including phenoxy) is 1. The molecule has 0 aliphatic rings. The topological polar surface area (TPSA) is 38.3 Å². The van der Waals surface area contributed by atoms with Crippen LogP contribution in [-0.2, 0) is 16.1 Å². The lowest BCUT2D eigenvalue weighted by Gasteiger charge is -2.29. The van der Waals surface area contributed by atoms with Crippen molar-refractivity contribution in [1.29, 1.82) is 0 Å². The summed E-state index contributed by atoms with van der Waals surface area (Å²) in [4.78, 5) is 12.3. The largest absolute Gasteiger partial charge is 0.469 e. The highest BCUT2D eigenvalue weighted by Gasteiger charge is 2.32. The van der Waals surface area contributed by atoms with Gasteiger partial charge in [0, 0.05) is 12.6 Å². The zero-order valence-corrected chi connectivity index (χ0v) is 14.0. The van der Waals surface area contributed by atoms with Crippen LogP contribution in [0.5, 0.6) is 0 Å². The fourth-order valence-electron chi connectivity index (χ4n) is 2.87. The van der Waals surface area contributed by atoms with Crippen molar-refractivity contribution in [2.24, 2.45) is 11.8 Å². The SMILES string of the molecule is COC(=O)[C@@H](C(C)C)[C@@H](NCc1ccccc1)c1ccccc1. The summed E-state index contributed by atoms with van der Waals surface area (Å²) in [6.07, 6.45) is 0. The van der Waals surface area contributed by atoms with Crippen LogP contribution in [-0.4, -0.2) is 13.1 Å². The molecule has 3 heteroatoms. The molecule has 0 radical (unpaired) electrons. The molecule has 2 aromatic carbocycles. The molecule has 0 saturated carbocycles. The monoisotopic (exact) mass is 311 g/mol.